The van der Waals surface area contributed by atoms with E-state index in [2.05, 4.69) is 15.4 Å². The predicted octanol–water partition coefficient (Wildman–Crippen LogP) is 1.83. The number of methoxy groups -OCH3 is 1. The SMILES string of the molecule is CCn1nc(NC(C)=O)nc1C1C=CC(OC)=CC1. The molecule has 1 aromatic heterocycles. The summed E-state index contributed by atoms with van der Waals surface area (Å²) in [7, 11) is 1.65. The number of carbonyl (C=O) groups excluding carboxylic acids is 1. The van der Waals surface area contributed by atoms with E-state index in [0.717, 1.165) is 18.0 Å². The average Bonchev–Trinajstić information content (AvgIpc) is 2.81. The molecule has 19 heavy (non-hydrogen) atoms. The average molecular weight is 262 g/mol. The van der Waals surface area contributed by atoms with E-state index in [1.165, 1.54) is 6.92 Å². The van der Waals surface area contributed by atoms with E-state index < -0.39 is 0 Å². The van der Waals surface area contributed by atoms with E-state index in [1.54, 1.807) is 7.11 Å². The molecule has 0 fully saturated rings. The van der Waals surface area contributed by atoms with Crippen LogP contribution < -0.4 is 5.32 Å². The standard InChI is InChI=1S/C13H18N4O2/c1-4-17-12(15-13(16-17)14-9(2)18)10-5-7-11(19-3)8-6-10/h5,7-8,10H,4,6H2,1-3H3,(H,14,16,18). The van der Waals surface area contributed by atoms with Gasteiger partial charge in [0.25, 0.3) is 0 Å². The van der Waals surface area contributed by atoms with E-state index >= 15 is 0 Å². The molecular weight excluding hydrogens is 244 g/mol. The molecule has 102 valence electrons. The molecule has 6 heteroatoms. The van der Waals surface area contributed by atoms with Crippen molar-refractivity contribution in [2.45, 2.75) is 32.7 Å². The van der Waals surface area contributed by atoms with Crippen molar-refractivity contribution in [3.05, 3.63) is 29.8 Å². The lowest BCUT2D eigenvalue weighted by atomic mass is 9.99. The number of nitrogens with one attached hydrogen (secondary N) is 1. The molecule has 1 unspecified atom stereocenters. The van der Waals surface area contributed by atoms with Crippen LogP contribution in [0.15, 0.2) is 24.0 Å². The topological polar surface area (TPSA) is 69.0 Å². The molecular formula is C13H18N4O2. The number of hydrogen-bond acceptors (Lipinski definition) is 4. The van der Waals surface area contributed by atoms with Gasteiger partial charge >= 0.3 is 0 Å². The molecule has 0 bridgehead atoms. The van der Waals surface area contributed by atoms with Crippen LogP contribution in [-0.2, 0) is 16.1 Å². The summed E-state index contributed by atoms with van der Waals surface area (Å²) in [6.45, 7) is 4.16. The van der Waals surface area contributed by atoms with Crippen molar-refractivity contribution in [3.63, 3.8) is 0 Å². The number of allylic oxidation sites excluding steroid dienone is 3. The highest BCUT2D eigenvalue weighted by atomic mass is 16.5. The Kier molecular flexibility index (Phi) is 3.99. The van der Waals surface area contributed by atoms with Gasteiger partial charge in [-0.25, -0.2) is 4.68 Å². The van der Waals surface area contributed by atoms with Crippen molar-refractivity contribution in [1.82, 2.24) is 14.8 Å². The summed E-state index contributed by atoms with van der Waals surface area (Å²) in [6, 6.07) is 0. The van der Waals surface area contributed by atoms with E-state index in [1.807, 2.05) is 29.8 Å². The third kappa shape index (κ3) is 3.01. The Morgan fingerprint density at radius 1 is 1.63 bits per heavy atom. The summed E-state index contributed by atoms with van der Waals surface area (Å²) >= 11 is 0. The van der Waals surface area contributed by atoms with Gasteiger partial charge in [-0.3, -0.25) is 10.1 Å². The summed E-state index contributed by atoms with van der Waals surface area (Å²) in [5, 5.41) is 6.88. The number of carbonyl (C=O) groups is 1. The molecule has 1 aliphatic rings. The van der Waals surface area contributed by atoms with Crippen LogP contribution in [0.5, 0.6) is 0 Å². The Bertz CT molecular complexity index is 531. The summed E-state index contributed by atoms with van der Waals surface area (Å²) in [5.41, 5.74) is 0. The second-order valence-electron chi connectivity index (χ2n) is 4.30. The minimum atomic E-state index is -0.166. The van der Waals surface area contributed by atoms with E-state index in [9.17, 15) is 4.79 Å². The second kappa shape index (κ2) is 5.69. The Labute approximate surface area is 112 Å². The largest absolute Gasteiger partial charge is 0.497 e. The summed E-state index contributed by atoms with van der Waals surface area (Å²) in [4.78, 5) is 15.4. The third-order valence-corrected chi connectivity index (χ3v) is 2.92. The predicted molar refractivity (Wildman–Crippen MR) is 71.6 cm³/mol. The summed E-state index contributed by atoms with van der Waals surface area (Å²) in [5.74, 6) is 2.07. The number of aromatic nitrogens is 3. The first-order valence-corrected chi connectivity index (χ1v) is 6.28. The second-order valence-corrected chi connectivity index (χ2v) is 4.30. The smallest absolute Gasteiger partial charge is 0.248 e. The zero-order valence-electron chi connectivity index (χ0n) is 11.4. The number of nitrogens with zero attached hydrogens (tertiary/aromatic N) is 3. The molecule has 0 saturated carbocycles. The van der Waals surface area contributed by atoms with Crippen LogP contribution in [0.3, 0.4) is 0 Å². The molecule has 0 aromatic carbocycles. The van der Waals surface area contributed by atoms with Gasteiger partial charge in [-0.05, 0) is 25.5 Å². The molecule has 1 aliphatic carbocycles. The quantitative estimate of drug-likeness (QED) is 0.898. The normalized spacial score (nSPS) is 18.1. The molecule has 1 N–H and O–H groups in total. The minimum absolute atomic E-state index is 0.161. The molecule has 0 spiro atoms. The van der Waals surface area contributed by atoms with Gasteiger partial charge in [0.05, 0.1) is 7.11 Å². The maximum atomic E-state index is 11.0. The van der Waals surface area contributed by atoms with Crippen LogP contribution in [0, 0.1) is 0 Å². The fraction of sp³-hybridized carbons (Fsp3) is 0.462. The number of hydrogen-bond donors (Lipinski definition) is 1. The molecule has 0 radical (unpaired) electrons. The molecule has 0 aliphatic heterocycles. The summed E-state index contributed by atoms with van der Waals surface area (Å²) < 4.78 is 6.98. The Morgan fingerprint density at radius 2 is 2.42 bits per heavy atom. The van der Waals surface area contributed by atoms with Crippen LogP contribution in [0.25, 0.3) is 0 Å². The van der Waals surface area contributed by atoms with Crippen LogP contribution in [0.2, 0.25) is 0 Å². The number of amides is 1. The van der Waals surface area contributed by atoms with Gasteiger partial charge in [0.2, 0.25) is 11.9 Å². The molecule has 6 nitrogen and oxygen atoms in total. The van der Waals surface area contributed by atoms with Crippen molar-refractivity contribution in [3.8, 4) is 0 Å². The zero-order chi connectivity index (χ0) is 13.8. The van der Waals surface area contributed by atoms with E-state index in [4.69, 9.17) is 4.74 Å². The van der Waals surface area contributed by atoms with Crippen LogP contribution in [0.4, 0.5) is 5.95 Å². The highest BCUT2D eigenvalue weighted by molar-refractivity contribution is 5.86. The van der Waals surface area contributed by atoms with Gasteiger partial charge in [-0.1, -0.05) is 6.08 Å². The number of rotatable bonds is 4. The molecule has 1 atom stereocenters. The number of ether oxygens (including phenoxy) is 1. The van der Waals surface area contributed by atoms with Gasteiger partial charge in [0.1, 0.15) is 11.6 Å². The number of anilines is 1. The molecule has 2 rings (SSSR count). The highest BCUT2D eigenvalue weighted by Gasteiger charge is 2.19. The Hall–Kier alpha value is -2.11. The van der Waals surface area contributed by atoms with Crippen LogP contribution in [0.1, 0.15) is 32.0 Å². The van der Waals surface area contributed by atoms with Gasteiger partial charge in [-0.15, -0.1) is 5.10 Å². The van der Waals surface area contributed by atoms with Crippen molar-refractivity contribution in [2.75, 3.05) is 12.4 Å². The molecule has 1 amide bonds. The van der Waals surface area contributed by atoms with Crippen LogP contribution >= 0.6 is 0 Å². The van der Waals surface area contributed by atoms with Gasteiger partial charge in [0, 0.05) is 19.4 Å². The molecule has 1 heterocycles. The fourth-order valence-corrected chi connectivity index (χ4v) is 2.02. The minimum Gasteiger partial charge on any atom is -0.497 e. The lowest BCUT2D eigenvalue weighted by molar-refractivity contribution is -0.114. The van der Waals surface area contributed by atoms with Crippen molar-refractivity contribution >= 4 is 11.9 Å². The first-order valence-electron chi connectivity index (χ1n) is 6.28. The Balaban J connectivity index is 2.20. The van der Waals surface area contributed by atoms with Gasteiger partial charge in [0.15, 0.2) is 0 Å². The first kappa shape index (κ1) is 13.3. The maximum Gasteiger partial charge on any atom is 0.248 e. The van der Waals surface area contributed by atoms with Crippen molar-refractivity contribution < 1.29 is 9.53 Å². The third-order valence-electron chi connectivity index (χ3n) is 2.92. The maximum absolute atomic E-state index is 11.0. The summed E-state index contributed by atoms with van der Waals surface area (Å²) in [6.07, 6.45) is 6.82. The Morgan fingerprint density at radius 3 is 2.95 bits per heavy atom. The lowest BCUT2D eigenvalue weighted by Gasteiger charge is -2.15. The van der Waals surface area contributed by atoms with E-state index in [0.29, 0.717) is 12.5 Å². The van der Waals surface area contributed by atoms with E-state index in [-0.39, 0.29) is 11.8 Å². The molecule has 1 aromatic rings. The van der Waals surface area contributed by atoms with Crippen molar-refractivity contribution in [2.24, 2.45) is 0 Å². The van der Waals surface area contributed by atoms with Crippen LogP contribution in [-0.4, -0.2) is 27.8 Å². The number of aryl methyl sites for hydroxylation is 1. The molecule has 0 saturated heterocycles. The van der Waals surface area contributed by atoms with Crippen molar-refractivity contribution in [1.29, 1.82) is 0 Å². The highest BCUT2D eigenvalue weighted by Crippen LogP contribution is 2.26. The van der Waals surface area contributed by atoms with Gasteiger partial charge < -0.3 is 4.74 Å². The lowest BCUT2D eigenvalue weighted by Crippen LogP contribution is -2.09. The fourth-order valence-electron chi connectivity index (χ4n) is 2.02. The first-order chi connectivity index (χ1) is 9.13. The zero-order valence-corrected chi connectivity index (χ0v) is 11.4. The monoisotopic (exact) mass is 262 g/mol. The van der Waals surface area contributed by atoms with Gasteiger partial charge in [-0.2, -0.15) is 4.98 Å².